The number of imide groups is 1. The molecule has 0 unspecified atom stereocenters. The maximum Gasteiger partial charge on any atom is 0.416 e. The van der Waals surface area contributed by atoms with Crippen LogP contribution < -0.4 is 4.90 Å². The Kier molecular flexibility index (Phi) is 4.43. The molecule has 2 aromatic rings. The molecule has 0 spiro atoms. The third kappa shape index (κ3) is 3.46. The van der Waals surface area contributed by atoms with Gasteiger partial charge in [0.2, 0.25) is 0 Å². The number of nitrogens with zero attached hydrogens (tertiary/aromatic N) is 1. The molecule has 1 heterocycles. The van der Waals surface area contributed by atoms with Crippen molar-refractivity contribution in [1.29, 1.82) is 0 Å². The predicted molar refractivity (Wildman–Crippen MR) is 91.1 cm³/mol. The molecule has 0 aromatic heterocycles. The van der Waals surface area contributed by atoms with E-state index in [0.717, 1.165) is 28.2 Å². The molecule has 2 aromatic carbocycles. The van der Waals surface area contributed by atoms with Gasteiger partial charge in [-0.05, 0) is 54.1 Å². The number of carbonyl (C=O) groups excluding carboxylic acids is 2. The van der Waals surface area contributed by atoms with Crippen LogP contribution in [0.1, 0.15) is 16.7 Å². The third-order valence-electron chi connectivity index (χ3n) is 3.70. The van der Waals surface area contributed by atoms with Crippen molar-refractivity contribution in [3.05, 3.63) is 70.1 Å². The van der Waals surface area contributed by atoms with E-state index in [0.29, 0.717) is 11.8 Å². The Morgan fingerprint density at radius 1 is 1.04 bits per heavy atom. The van der Waals surface area contributed by atoms with Gasteiger partial charge in [0.05, 0.1) is 16.2 Å². The highest BCUT2D eigenvalue weighted by Gasteiger charge is 2.38. The van der Waals surface area contributed by atoms with Crippen LogP contribution in [0.3, 0.4) is 0 Å². The summed E-state index contributed by atoms with van der Waals surface area (Å²) in [7, 11) is 0. The second kappa shape index (κ2) is 6.40. The van der Waals surface area contributed by atoms with Crippen LogP contribution in [0, 0.1) is 6.92 Å². The summed E-state index contributed by atoms with van der Waals surface area (Å²) >= 11 is 0.711. The van der Waals surface area contributed by atoms with Gasteiger partial charge in [0.15, 0.2) is 0 Å². The second-order valence-corrected chi connectivity index (χ2v) is 6.41. The first-order chi connectivity index (χ1) is 11.8. The summed E-state index contributed by atoms with van der Waals surface area (Å²) in [5, 5.41) is -0.621. The maximum absolute atomic E-state index is 12.9. The Hall–Kier alpha value is -2.54. The van der Waals surface area contributed by atoms with Gasteiger partial charge >= 0.3 is 6.18 Å². The van der Waals surface area contributed by atoms with Crippen molar-refractivity contribution < 1.29 is 22.8 Å². The summed E-state index contributed by atoms with van der Waals surface area (Å²) in [5.74, 6) is -0.627. The molecule has 0 bridgehead atoms. The van der Waals surface area contributed by atoms with Gasteiger partial charge in [-0.1, -0.05) is 30.3 Å². The fourth-order valence-electron chi connectivity index (χ4n) is 2.40. The number of rotatable bonds is 2. The van der Waals surface area contributed by atoms with Crippen molar-refractivity contribution >= 4 is 34.7 Å². The molecule has 0 N–H and O–H groups in total. The van der Waals surface area contributed by atoms with Crippen molar-refractivity contribution in [2.24, 2.45) is 0 Å². The van der Waals surface area contributed by atoms with Crippen LogP contribution in [0.2, 0.25) is 0 Å². The first-order valence-electron chi connectivity index (χ1n) is 7.28. The van der Waals surface area contributed by atoms with E-state index in [1.165, 1.54) is 12.1 Å². The van der Waals surface area contributed by atoms with Crippen molar-refractivity contribution in [1.82, 2.24) is 0 Å². The van der Waals surface area contributed by atoms with Crippen molar-refractivity contribution in [3.8, 4) is 0 Å². The van der Waals surface area contributed by atoms with E-state index < -0.39 is 22.9 Å². The molecule has 0 radical (unpaired) electrons. The summed E-state index contributed by atoms with van der Waals surface area (Å²) in [6.07, 6.45) is -2.97. The van der Waals surface area contributed by atoms with Crippen molar-refractivity contribution in [2.45, 2.75) is 13.1 Å². The molecule has 3 rings (SSSR count). The van der Waals surface area contributed by atoms with Crippen LogP contribution >= 0.6 is 11.8 Å². The Morgan fingerprint density at radius 2 is 1.76 bits per heavy atom. The monoisotopic (exact) mass is 363 g/mol. The van der Waals surface area contributed by atoms with Crippen LogP contribution in [0.25, 0.3) is 6.08 Å². The Morgan fingerprint density at radius 3 is 2.44 bits per heavy atom. The van der Waals surface area contributed by atoms with E-state index in [2.05, 4.69) is 0 Å². The zero-order valence-corrected chi connectivity index (χ0v) is 13.8. The quantitative estimate of drug-likeness (QED) is 0.684. The molecule has 1 aliphatic rings. The number of benzene rings is 2. The molecule has 0 saturated carbocycles. The lowest BCUT2D eigenvalue weighted by Crippen LogP contribution is -2.28. The number of hydrogen-bond donors (Lipinski definition) is 0. The molecule has 2 amide bonds. The van der Waals surface area contributed by atoms with Crippen molar-refractivity contribution in [3.63, 3.8) is 0 Å². The predicted octanol–water partition coefficient (Wildman–Crippen LogP) is 5.25. The Labute approximate surface area is 146 Å². The average molecular weight is 363 g/mol. The van der Waals surface area contributed by atoms with E-state index in [9.17, 15) is 22.8 Å². The molecular weight excluding hydrogens is 351 g/mol. The zero-order valence-electron chi connectivity index (χ0n) is 13.0. The fourth-order valence-corrected chi connectivity index (χ4v) is 3.23. The summed E-state index contributed by atoms with van der Waals surface area (Å²) in [5.41, 5.74) is 0.697. The van der Waals surface area contributed by atoms with E-state index >= 15 is 0 Å². The van der Waals surface area contributed by atoms with E-state index in [-0.39, 0.29) is 10.6 Å². The van der Waals surface area contributed by atoms with Crippen LogP contribution in [0.5, 0.6) is 0 Å². The largest absolute Gasteiger partial charge is 0.416 e. The normalized spacial score (nSPS) is 16.8. The third-order valence-corrected chi connectivity index (χ3v) is 4.57. The van der Waals surface area contributed by atoms with Crippen LogP contribution in [0.15, 0.2) is 53.4 Å². The molecule has 7 heteroatoms. The molecule has 1 saturated heterocycles. The van der Waals surface area contributed by atoms with Gasteiger partial charge < -0.3 is 0 Å². The second-order valence-electron chi connectivity index (χ2n) is 5.42. The standard InChI is InChI=1S/C18H12F3NO2S/c1-11-5-2-3-6-12(11)9-15-16(23)22(17(24)25-15)14-8-4-7-13(10-14)18(19,20)21/h2-10H,1H3/b15-9-. The Bertz CT molecular complexity index is 890. The minimum Gasteiger partial charge on any atom is -0.268 e. The summed E-state index contributed by atoms with van der Waals surface area (Å²) in [6.45, 7) is 1.86. The number of carbonyl (C=O) groups is 2. The van der Waals surface area contributed by atoms with Crippen LogP contribution in [-0.2, 0) is 11.0 Å². The number of anilines is 1. The van der Waals surface area contributed by atoms with Gasteiger partial charge in [-0.2, -0.15) is 13.2 Å². The van der Waals surface area contributed by atoms with E-state index in [4.69, 9.17) is 0 Å². The molecule has 0 atom stereocenters. The zero-order chi connectivity index (χ0) is 18.2. The number of alkyl halides is 3. The van der Waals surface area contributed by atoms with Gasteiger partial charge in [0.1, 0.15) is 0 Å². The number of halogens is 3. The number of thioether (sulfide) groups is 1. The first kappa shape index (κ1) is 17.3. The SMILES string of the molecule is Cc1ccccc1/C=C1\SC(=O)N(c2cccc(C(F)(F)F)c2)C1=O. The number of aryl methyl sites for hydroxylation is 1. The molecule has 3 nitrogen and oxygen atoms in total. The average Bonchev–Trinajstić information content (AvgIpc) is 2.83. The summed E-state index contributed by atoms with van der Waals surface area (Å²) in [4.78, 5) is 25.7. The molecule has 25 heavy (non-hydrogen) atoms. The molecule has 128 valence electrons. The fraction of sp³-hybridized carbons (Fsp3) is 0.111. The topological polar surface area (TPSA) is 37.4 Å². The Balaban J connectivity index is 1.96. The minimum atomic E-state index is -4.55. The first-order valence-corrected chi connectivity index (χ1v) is 8.10. The highest BCUT2D eigenvalue weighted by atomic mass is 32.2. The number of hydrogen-bond acceptors (Lipinski definition) is 3. The molecular formula is C18H12F3NO2S. The van der Waals surface area contributed by atoms with E-state index in [1.54, 1.807) is 18.2 Å². The smallest absolute Gasteiger partial charge is 0.268 e. The minimum absolute atomic E-state index is 0.0921. The van der Waals surface area contributed by atoms with Gasteiger partial charge in [-0.25, -0.2) is 4.90 Å². The lowest BCUT2D eigenvalue weighted by molar-refractivity contribution is -0.137. The lowest BCUT2D eigenvalue weighted by Gasteiger charge is -2.14. The lowest BCUT2D eigenvalue weighted by atomic mass is 10.1. The van der Waals surface area contributed by atoms with Gasteiger partial charge in [-0.3, -0.25) is 9.59 Å². The van der Waals surface area contributed by atoms with Gasteiger partial charge in [0.25, 0.3) is 11.1 Å². The molecule has 1 fully saturated rings. The summed E-state index contributed by atoms with van der Waals surface area (Å²) < 4.78 is 38.6. The highest BCUT2D eigenvalue weighted by Crippen LogP contribution is 2.38. The van der Waals surface area contributed by atoms with Gasteiger partial charge in [-0.15, -0.1) is 0 Å². The summed E-state index contributed by atoms with van der Waals surface area (Å²) in [6, 6.07) is 11.5. The van der Waals surface area contributed by atoms with Crippen molar-refractivity contribution in [2.75, 3.05) is 4.90 Å². The highest BCUT2D eigenvalue weighted by molar-refractivity contribution is 8.19. The molecule has 0 aliphatic carbocycles. The van der Waals surface area contributed by atoms with Crippen LogP contribution in [-0.4, -0.2) is 11.1 Å². The number of amides is 2. The van der Waals surface area contributed by atoms with Crippen LogP contribution in [0.4, 0.5) is 23.7 Å². The maximum atomic E-state index is 12.9. The molecule has 1 aliphatic heterocycles. The van der Waals surface area contributed by atoms with E-state index in [1.807, 2.05) is 19.1 Å². The van der Waals surface area contributed by atoms with Gasteiger partial charge in [0, 0.05) is 0 Å².